The molecule has 0 aromatic heterocycles. The molecular weight excluding hydrogens is 486 g/mol. The van der Waals surface area contributed by atoms with Gasteiger partial charge in [0.1, 0.15) is 12.6 Å². The number of amides is 2. The minimum Gasteiger partial charge on any atom is -0.357 e. The second kappa shape index (κ2) is 11.6. The van der Waals surface area contributed by atoms with Gasteiger partial charge in [0.25, 0.3) is 10.0 Å². The second-order valence-electron chi connectivity index (χ2n) is 9.41. The lowest BCUT2D eigenvalue weighted by atomic mass is 10.1. The van der Waals surface area contributed by atoms with E-state index in [1.165, 1.54) is 11.9 Å². The molecule has 0 radical (unpaired) electrons. The first kappa shape index (κ1) is 27.9. The smallest absolute Gasteiger partial charge is 0.264 e. The maximum Gasteiger partial charge on any atom is 0.264 e. The lowest BCUT2D eigenvalue weighted by Crippen LogP contribution is -2.50. The van der Waals surface area contributed by atoms with Gasteiger partial charge < -0.3 is 10.2 Å². The molecule has 7 nitrogen and oxygen atoms in total. The lowest BCUT2D eigenvalue weighted by molar-refractivity contribution is -0.139. The summed E-state index contributed by atoms with van der Waals surface area (Å²) in [4.78, 5) is 27.9. The number of anilines is 1. The predicted molar refractivity (Wildman–Crippen MR) is 147 cm³/mol. The molecule has 0 unspecified atom stereocenters. The Bertz CT molecular complexity index is 1370. The van der Waals surface area contributed by atoms with Crippen LogP contribution in [0.25, 0.3) is 0 Å². The van der Waals surface area contributed by atoms with Crippen LogP contribution < -0.4 is 9.62 Å². The number of carbonyl (C=O) groups excluding carboxylic acids is 2. The van der Waals surface area contributed by atoms with Crippen LogP contribution in [-0.4, -0.2) is 44.8 Å². The number of hydrogen-bond donors (Lipinski definition) is 1. The maximum atomic E-state index is 13.9. The molecule has 0 heterocycles. The number of likely N-dealkylation sites (N-methyl/N-ethyl adjacent to an activating group) is 1. The summed E-state index contributed by atoms with van der Waals surface area (Å²) in [6.07, 6.45) is 0. The Morgan fingerprint density at radius 3 is 1.95 bits per heavy atom. The Morgan fingerprint density at radius 1 is 0.838 bits per heavy atom. The Hall–Kier alpha value is -3.65. The third-order valence-corrected chi connectivity index (χ3v) is 8.18. The molecule has 3 aromatic carbocycles. The Morgan fingerprint density at radius 2 is 1.38 bits per heavy atom. The van der Waals surface area contributed by atoms with Crippen molar-refractivity contribution in [1.82, 2.24) is 10.2 Å². The van der Waals surface area contributed by atoms with Crippen LogP contribution in [0.15, 0.2) is 71.6 Å². The van der Waals surface area contributed by atoms with Crippen LogP contribution in [-0.2, 0) is 26.2 Å². The molecular formula is C29H35N3O4S. The number of nitrogens with one attached hydrogen (secondary N) is 1. The minimum atomic E-state index is -4.08. The summed E-state index contributed by atoms with van der Waals surface area (Å²) >= 11 is 0. The van der Waals surface area contributed by atoms with E-state index >= 15 is 0 Å². The highest BCUT2D eigenvalue weighted by molar-refractivity contribution is 7.92. The zero-order chi connectivity index (χ0) is 27.3. The first-order valence-corrected chi connectivity index (χ1v) is 13.6. The summed E-state index contributed by atoms with van der Waals surface area (Å²) in [5, 5.41) is 2.59. The summed E-state index contributed by atoms with van der Waals surface area (Å²) in [5.41, 5.74) is 4.86. The van der Waals surface area contributed by atoms with E-state index in [9.17, 15) is 18.0 Å². The van der Waals surface area contributed by atoms with Crippen molar-refractivity contribution < 1.29 is 18.0 Å². The first-order valence-electron chi connectivity index (χ1n) is 12.2. The van der Waals surface area contributed by atoms with Crippen LogP contribution in [0.3, 0.4) is 0 Å². The van der Waals surface area contributed by atoms with E-state index in [4.69, 9.17) is 0 Å². The zero-order valence-corrected chi connectivity index (χ0v) is 23.1. The molecule has 37 heavy (non-hydrogen) atoms. The van der Waals surface area contributed by atoms with Crippen molar-refractivity contribution in [1.29, 1.82) is 0 Å². The number of benzene rings is 3. The van der Waals surface area contributed by atoms with Crippen LogP contribution in [0.5, 0.6) is 0 Å². The molecule has 0 spiro atoms. The van der Waals surface area contributed by atoms with Crippen LogP contribution in [0.1, 0.15) is 34.7 Å². The largest absolute Gasteiger partial charge is 0.357 e. The molecule has 8 heteroatoms. The maximum absolute atomic E-state index is 13.9. The van der Waals surface area contributed by atoms with E-state index in [2.05, 4.69) is 5.32 Å². The quantitative estimate of drug-likeness (QED) is 0.455. The highest BCUT2D eigenvalue weighted by Gasteiger charge is 2.33. The van der Waals surface area contributed by atoms with Crippen LogP contribution in [0.2, 0.25) is 0 Å². The fourth-order valence-electron chi connectivity index (χ4n) is 4.02. The molecule has 0 aliphatic heterocycles. The van der Waals surface area contributed by atoms with Crippen molar-refractivity contribution in [2.75, 3.05) is 17.9 Å². The van der Waals surface area contributed by atoms with Crippen LogP contribution in [0.4, 0.5) is 5.69 Å². The van der Waals surface area contributed by atoms with Gasteiger partial charge in [0.05, 0.1) is 10.6 Å². The Kier molecular flexibility index (Phi) is 8.76. The summed E-state index contributed by atoms with van der Waals surface area (Å²) < 4.78 is 28.9. The normalized spacial score (nSPS) is 12.1. The average molecular weight is 522 g/mol. The molecule has 196 valence electrons. The fourth-order valence-corrected chi connectivity index (χ4v) is 5.49. The number of aryl methyl sites for hydroxylation is 4. The lowest BCUT2D eigenvalue weighted by Gasteiger charge is -2.32. The van der Waals surface area contributed by atoms with Crippen molar-refractivity contribution in [3.05, 3.63) is 94.5 Å². The van der Waals surface area contributed by atoms with Crippen LogP contribution >= 0.6 is 0 Å². The molecule has 2 amide bonds. The summed E-state index contributed by atoms with van der Waals surface area (Å²) in [6.45, 7) is 8.89. The van der Waals surface area contributed by atoms with Gasteiger partial charge in [-0.3, -0.25) is 13.9 Å². The van der Waals surface area contributed by atoms with E-state index in [-0.39, 0.29) is 17.3 Å². The summed E-state index contributed by atoms with van der Waals surface area (Å²) in [6, 6.07) is 18.9. The molecule has 1 N–H and O–H groups in total. The average Bonchev–Trinajstić information content (AvgIpc) is 2.87. The van der Waals surface area contributed by atoms with E-state index in [1.54, 1.807) is 37.3 Å². The topological polar surface area (TPSA) is 86.8 Å². The highest BCUT2D eigenvalue weighted by Crippen LogP contribution is 2.28. The Labute approximate surface area is 220 Å². The minimum absolute atomic E-state index is 0.0937. The van der Waals surface area contributed by atoms with E-state index in [1.807, 2.05) is 64.1 Å². The van der Waals surface area contributed by atoms with Gasteiger partial charge in [-0.05, 0) is 69.5 Å². The zero-order valence-electron chi connectivity index (χ0n) is 22.3. The molecule has 0 bridgehead atoms. The highest BCUT2D eigenvalue weighted by atomic mass is 32.2. The van der Waals surface area contributed by atoms with Crippen molar-refractivity contribution in [3.8, 4) is 0 Å². The number of nitrogens with zero attached hydrogens (tertiary/aromatic N) is 2. The van der Waals surface area contributed by atoms with Gasteiger partial charge in [-0.2, -0.15) is 0 Å². The molecule has 0 aliphatic carbocycles. The van der Waals surface area contributed by atoms with Gasteiger partial charge in [0.15, 0.2) is 0 Å². The molecule has 0 saturated heterocycles. The van der Waals surface area contributed by atoms with Gasteiger partial charge in [-0.25, -0.2) is 8.42 Å². The number of rotatable bonds is 9. The summed E-state index contributed by atoms with van der Waals surface area (Å²) in [5.74, 6) is -0.812. The fraction of sp³-hybridized carbons (Fsp3) is 0.310. The third kappa shape index (κ3) is 6.57. The Balaban J connectivity index is 2.07. The SMILES string of the molecule is CNC(=O)[C@H](C)N(Cc1ccc(C)cc1)C(=O)CN(c1cc(C)ccc1C)S(=O)(=O)c1ccc(C)cc1. The monoisotopic (exact) mass is 521 g/mol. The number of carbonyl (C=O) groups is 2. The van der Waals surface area contributed by atoms with Crippen molar-refractivity contribution >= 4 is 27.5 Å². The van der Waals surface area contributed by atoms with Gasteiger partial charge in [0.2, 0.25) is 11.8 Å². The van der Waals surface area contributed by atoms with Crippen molar-refractivity contribution in [2.45, 2.75) is 52.1 Å². The van der Waals surface area contributed by atoms with E-state index < -0.39 is 28.5 Å². The molecule has 0 aliphatic rings. The number of sulfonamides is 1. The molecule has 0 fully saturated rings. The third-order valence-electron chi connectivity index (χ3n) is 6.41. The van der Waals surface area contributed by atoms with E-state index in [0.29, 0.717) is 5.69 Å². The van der Waals surface area contributed by atoms with E-state index in [0.717, 1.165) is 32.1 Å². The van der Waals surface area contributed by atoms with Gasteiger partial charge in [0, 0.05) is 13.6 Å². The predicted octanol–water partition coefficient (Wildman–Crippen LogP) is 4.28. The van der Waals surface area contributed by atoms with Gasteiger partial charge in [-0.1, -0.05) is 59.7 Å². The molecule has 3 aromatic rings. The molecule has 0 saturated carbocycles. The molecule has 1 atom stereocenters. The first-order chi connectivity index (χ1) is 17.4. The second-order valence-corrected chi connectivity index (χ2v) is 11.3. The van der Waals surface area contributed by atoms with Crippen LogP contribution in [0, 0.1) is 27.7 Å². The number of hydrogen-bond acceptors (Lipinski definition) is 4. The van der Waals surface area contributed by atoms with Crippen molar-refractivity contribution in [2.24, 2.45) is 0 Å². The van der Waals surface area contributed by atoms with Gasteiger partial charge in [-0.15, -0.1) is 0 Å². The summed E-state index contributed by atoms with van der Waals surface area (Å²) in [7, 11) is -2.57. The standard InChI is InChI=1S/C29H35N3O4S/c1-20-8-13-25(14-9-20)18-31(24(5)29(34)30-6)28(33)19-32(27-17-22(3)7-12-23(27)4)37(35,36)26-15-10-21(2)11-16-26/h7-17,24H,18-19H2,1-6H3,(H,30,34)/t24-/m0/s1. The molecule has 3 rings (SSSR count). The van der Waals surface area contributed by atoms with Gasteiger partial charge >= 0.3 is 0 Å². The van der Waals surface area contributed by atoms with Crippen molar-refractivity contribution in [3.63, 3.8) is 0 Å².